The molecule has 1 aliphatic rings. The Hall–Kier alpha value is -3.58. The SMILES string of the molecule is COc1ccc(CCNc2c(C)nc3c(N4CCOCC4)nccn23)c(-c2ccccc2)c1. The van der Waals surface area contributed by atoms with Gasteiger partial charge in [-0.3, -0.25) is 4.40 Å². The molecule has 0 amide bonds. The highest BCUT2D eigenvalue weighted by Crippen LogP contribution is 2.29. The predicted molar refractivity (Wildman–Crippen MR) is 131 cm³/mol. The second-order valence-corrected chi connectivity index (χ2v) is 8.16. The molecule has 3 heterocycles. The van der Waals surface area contributed by atoms with E-state index in [1.807, 2.05) is 31.5 Å². The first-order valence-electron chi connectivity index (χ1n) is 11.4. The van der Waals surface area contributed by atoms with Crippen LogP contribution in [-0.4, -0.2) is 54.3 Å². The highest BCUT2D eigenvalue weighted by molar-refractivity contribution is 5.70. The van der Waals surface area contributed by atoms with E-state index < -0.39 is 0 Å². The van der Waals surface area contributed by atoms with Crippen molar-refractivity contribution < 1.29 is 9.47 Å². The number of anilines is 2. The average Bonchev–Trinajstić information content (AvgIpc) is 3.20. The van der Waals surface area contributed by atoms with Crippen LogP contribution in [0.1, 0.15) is 11.3 Å². The molecule has 0 saturated carbocycles. The molecule has 0 unspecified atom stereocenters. The number of hydrogen-bond acceptors (Lipinski definition) is 6. The number of rotatable bonds is 7. The van der Waals surface area contributed by atoms with Gasteiger partial charge >= 0.3 is 0 Å². The molecule has 0 radical (unpaired) electrons. The molecule has 2 aromatic heterocycles. The van der Waals surface area contributed by atoms with Crippen LogP contribution in [0.15, 0.2) is 60.9 Å². The summed E-state index contributed by atoms with van der Waals surface area (Å²) in [5.74, 6) is 2.79. The van der Waals surface area contributed by atoms with Gasteiger partial charge in [-0.25, -0.2) is 9.97 Å². The zero-order valence-corrected chi connectivity index (χ0v) is 19.1. The molecule has 1 N–H and O–H groups in total. The number of aryl methyl sites for hydroxylation is 1. The van der Waals surface area contributed by atoms with Crippen LogP contribution in [0.25, 0.3) is 16.8 Å². The van der Waals surface area contributed by atoms with Crippen molar-refractivity contribution in [2.75, 3.05) is 50.2 Å². The van der Waals surface area contributed by atoms with Crippen molar-refractivity contribution in [1.29, 1.82) is 0 Å². The molecule has 4 aromatic rings. The number of morpholine rings is 1. The maximum atomic E-state index is 5.50. The van der Waals surface area contributed by atoms with Gasteiger partial charge in [0.15, 0.2) is 11.5 Å². The standard InChI is InChI=1S/C26H29N5O2/c1-19-24(31-13-12-28-25(26(31)29-19)30-14-16-33-17-15-30)27-11-10-21-8-9-22(32-2)18-23(21)20-6-4-3-5-7-20/h3-9,12-13,18,27H,10-11,14-17H2,1-2H3. The molecule has 33 heavy (non-hydrogen) atoms. The summed E-state index contributed by atoms with van der Waals surface area (Å²) >= 11 is 0. The minimum atomic E-state index is 0.721. The van der Waals surface area contributed by atoms with Crippen LogP contribution in [0.5, 0.6) is 5.75 Å². The highest BCUT2D eigenvalue weighted by Gasteiger charge is 2.19. The fourth-order valence-corrected chi connectivity index (χ4v) is 4.39. The molecule has 7 heteroatoms. The maximum Gasteiger partial charge on any atom is 0.182 e. The molecular weight excluding hydrogens is 414 g/mol. The Balaban J connectivity index is 1.38. The van der Waals surface area contributed by atoms with Crippen LogP contribution in [0.2, 0.25) is 0 Å². The lowest BCUT2D eigenvalue weighted by molar-refractivity contribution is 0.122. The summed E-state index contributed by atoms with van der Waals surface area (Å²) in [5, 5.41) is 3.62. The van der Waals surface area contributed by atoms with Crippen LogP contribution in [0.4, 0.5) is 11.6 Å². The van der Waals surface area contributed by atoms with Crippen molar-refractivity contribution in [3.8, 4) is 16.9 Å². The monoisotopic (exact) mass is 443 g/mol. The Bertz CT molecular complexity index is 1230. The van der Waals surface area contributed by atoms with E-state index in [1.165, 1.54) is 16.7 Å². The maximum absolute atomic E-state index is 5.50. The zero-order chi connectivity index (χ0) is 22.6. The lowest BCUT2D eigenvalue weighted by Crippen LogP contribution is -2.37. The minimum absolute atomic E-state index is 0.721. The van der Waals surface area contributed by atoms with Crippen molar-refractivity contribution in [3.63, 3.8) is 0 Å². The van der Waals surface area contributed by atoms with E-state index in [0.29, 0.717) is 0 Å². The first kappa shape index (κ1) is 21.3. The van der Waals surface area contributed by atoms with E-state index in [-0.39, 0.29) is 0 Å². The summed E-state index contributed by atoms with van der Waals surface area (Å²) < 4.78 is 13.1. The zero-order valence-electron chi connectivity index (χ0n) is 19.1. The smallest absolute Gasteiger partial charge is 0.182 e. The van der Waals surface area contributed by atoms with E-state index in [0.717, 1.165) is 68.0 Å². The molecule has 1 aliphatic heterocycles. The van der Waals surface area contributed by atoms with Gasteiger partial charge in [0, 0.05) is 32.0 Å². The van der Waals surface area contributed by atoms with Gasteiger partial charge in [0.2, 0.25) is 0 Å². The number of nitrogens with zero attached hydrogens (tertiary/aromatic N) is 4. The van der Waals surface area contributed by atoms with E-state index in [9.17, 15) is 0 Å². The minimum Gasteiger partial charge on any atom is -0.497 e. The van der Waals surface area contributed by atoms with Crippen molar-refractivity contribution in [3.05, 3.63) is 72.2 Å². The fourth-order valence-electron chi connectivity index (χ4n) is 4.39. The van der Waals surface area contributed by atoms with Gasteiger partial charge in [0.1, 0.15) is 11.6 Å². The summed E-state index contributed by atoms with van der Waals surface area (Å²) in [5.41, 5.74) is 5.52. The molecule has 170 valence electrons. The number of hydrogen-bond donors (Lipinski definition) is 1. The molecular formula is C26H29N5O2. The normalized spacial score (nSPS) is 13.9. The summed E-state index contributed by atoms with van der Waals surface area (Å²) in [6.45, 7) is 5.94. The Morgan fingerprint density at radius 2 is 1.91 bits per heavy atom. The van der Waals surface area contributed by atoms with E-state index in [1.54, 1.807) is 7.11 Å². The van der Waals surface area contributed by atoms with Crippen LogP contribution >= 0.6 is 0 Å². The van der Waals surface area contributed by atoms with E-state index in [4.69, 9.17) is 14.5 Å². The number of fused-ring (bicyclic) bond motifs is 1. The average molecular weight is 444 g/mol. The predicted octanol–water partition coefficient (Wildman–Crippen LogP) is 4.20. The lowest BCUT2D eigenvalue weighted by Gasteiger charge is -2.27. The van der Waals surface area contributed by atoms with E-state index in [2.05, 4.69) is 56.0 Å². The molecule has 0 bridgehead atoms. The topological polar surface area (TPSA) is 63.9 Å². The third-order valence-electron chi connectivity index (χ3n) is 6.10. The number of methoxy groups -OCH3 is 1. The molecule has 0 atom stereocenters. The number of imidazole rings is 1. The van der Waals surface area contributed by atoms with Crippen LogP contribution in [0.3, 0.4) is 0 Å². The summed E-state index contributed by atoms with van der Waals surface area (Å²) in [4.78, 5) is 11.7. The van der Waals surface area contributed by atoms with Crippen molar-refractivity contribution in [1.82, 2.24) is 14.4 Å². The van der Waals surface area contributed by atoms with Crippen LogP contribution in [0, 0.1) is 6.92 Å². The lowest BCUT2D eigenvalue weighted by atomic mass is 9.97. The molecule has 7 nitrogen and oxygen atoms in total. The van der Waals surface area contributed by atoms with Crippen molar-refractivity contribution >= 4 is 17.3 Å². The largest absolute Gasteiger partial charge is 0.497 e. The third kappa shape index (κ3) is 4.36. The van der Waals surface area contributed by atoms with Crippen molar-refractivity contribution in [2.24, 2.45) is 0 Å². The summed E-state index contributed by atoms with van der Waals surface area (Å²) in [7, 11) is 1.71. The molecule has 1 fully saturated rings. The van der Waals surface area contributed by atoms with Gasteiger partial charge in [-0.2, -0.15) is 0 Å². The van der Waals surface area contributed by atoms with Crippen molar-refractivity contribution in [2.45, 2.75) is 13.3 Å². The van der Waals surface area contributed by atoms with Gasteiger partial charge in [0.05, 0.1) is 26.0 Å². The Morgan fingerprint density at radius 1 is 1.09 bits per heavy atom. The van der Waals surface area contributed by atoms with Crippen LogP contribution < -0.4 is 15.0 Å². The Labute approximate surface area is 194 Å². The molecule has 5 rings (SSSR count). The second-order valence-electron chi connectivity index (χ2n) is 8.16. The van der Waals surface area contributed by atoms with Gasteiger partial charge in [-0.15, -0.1) is 0 Å². The first-order valence-corrected chi connectivity index (χ1v) is 11.4. The Kier molecular flexibility index (Phi) is 6.13. The van der Waals surface area contributed by atoms with Gasteiger partial charge in [0.25, 0.3) is 0 Å². The molecule has 0 aliphatic carbocycles. The van der Waals surface area contributed by atoms with Gasteiger partial charge in [-0.1, -0.05) is 36.4 Å². The molecule has 1 saturated heterocycles. The quantitative estimate of drug-likeness (QED) is 0.462. The van der Waals surface area contributed by atoms with Gasteiger partial charge in [-0.05, 0) is 42.2 Å². The van der Waals surface area contributed by atoms with Crippen LogP contribution in [-0.2, 0) is 11.2 Å². The summed E-state index contributed by atoms with van der Waals surface area (Å²) in [6, 6.07) is 16.8. The fraction of sp³-hybridized carbons (Fsp3) is 0.308. The molecule has 0 spiro atoms. The first-order chi connectivity index (χ1) is 16.2. The Morgan fingerprint density at radius 3 is 2.70 bits per heavy atom. The number of benzene rings is 2. The number of aromatic nitrogens is 3. The summed E-state index contributed by atoms with van der Waals surface area (Å²) in [6.07, 6.45) is 4.70. The molecule has 2 aromatic carbocycles. The third-order valence-corrected chi connectivity index (χ3v) is 6.10. The van der Waals surface area contributed by atoms with E-state index >= 15 is 0 Å². The number of ether oxygens (including phenoxy) is 2. The van der Waals surface area contributed by atoms with Gasteiger partial charge < -0.3 is 19.7 Å². The highest BCUT2D eigenvalue weighted by atomic mass is 16.5. The number of nitrogens with one attached hydrogen (secondary N) is 1. The second kappa shape index (κ2) is 9.50.